The molecule has 9 N–H and O–H groups in total. The lowest BCUT2D eigenvalue weighted by molar-refractivity contribution is 0.0155. The van der Waals surface area contributed by atoms with Crippen molar-refractivity contribution in [1.29, 1.82) is 0 Å². The van der Waals surface area contributed by atoms with Crippen LogP contribution < -0.4 is 21.3 Å². The Morgan fingerprint density at radius 2 is 1.43 bits per heavy atom. The molecule has 1 rings (SSSR count). The van der Waals surface area contributed by atoms with Gasteiger partial charge < -0.3 is 46.2 Å². The molecule has 0 radical (unpaired) electrons. The number of carbonyl (C=O) groups excluding carboxylic acids is 2. The first-order valence-electron chi connectivity index (χ1n) is 9.08. The summed E-state index contributed by atoms with van der Waals surface area (Å²) in [6, 6.07) is 1.28. The van der Waals surface area contributed by atoms with Crippen molar-refractivity contribution in [1.82, 2.24) is 15.6 Å². The maximum Gasteiger partial charge on any atom is 0.321 e. The molecule has 0 aliphatic rings. The molecule has 0 bridgehead atoms. The molecule has 0 fully saturated rings. The van der Waals surface area contributed by atoms with Crippen LogP contribution in [0.4, 0.5) is 21.1 Å². The summed E-state index contributed by atoms with van der Waals surface area (Å²) in [5, 5.41) is 56.1. The summed E-state index contributed by atoms with van der Waals surface area (Å²) >= 11 is 0. The molecule has 0 aliphatic heterocycles. The number of nitrogens with zero attached hydrogens (tertiary/aromatic N) is 1. The minimum atomic E-state index is -1.58. The van der Waals surface area contributed by atoms with E-state index in [0.29, 0.717) is 6.61 Å². The number of aromatic nitrogens is 1. The molecule has 0 saturated carbocycles. The average molecular weight is 431 g/mol. The van der Waals surface area contributed by atoms with E-state index in [2.05, 4.69) is 26.3 Å². The van der Waals surface area contributed by atoms with Crippen LogP contribution in [0.3, 0.4) is 0 Å². The van der Waals surface area contributed by atoms with Gasteiger partial charge in [0.2, 0.25) is 0 Å². The molecule has 13 nitrogen and oxygen atoms in total. The molecule has 1 heterocycles. The molecule has 0 aromatic carbocycles. The number of pyridine rings is 1. The molecular weight excluding hydrogens is 402 g/mol. The zero-order valence-electron chi connectivity index (χ0n) is 16.6. The number of ether oxygens (including phenoxy) is 1. The van der Waals surface area contributed by atoms with Gasteiger partial charge in [-0.05, 0) is 19.1 Å². The Morgan fingerprint density at radius 1 is 0.900 bits per heavy atom. The van der Waals surface area contributed by atoms with E-state index in [0.717, 1.165) is 0 Å². The fraction of sp³-hybridized carbons (Fsp3) is 0.588. The third kappa shape index (κ3) is 7.37. The van der Waals surface area contributed by atoms with Crippen LogP contribution in [0, 0.1) is 0 Å². The van der Waals surface area contributed by atoms with E-state index in [4.69, 9.17) is 4.74 Å². The standard InChI is InChI=1S/C17H29N5O8/c1-2-30-11-17(9-26,10-27)22-15(29)20-13-4-3-12(5-18-13)19-14(28)21-16(6-23,7-24)8-25/h3-5,23-27H,2,6-11H2,1H3,(H2,19,21,28)(H2,18,20,22,29). The Bertz CT molecular complexity index is 656. The van der Waals surface area contributed by atoms with Crippen LogP contribution in [0.25, 0.3) is 0 Å². The van der Waals surface area contributed by atoms with Crippen LogP contribution in [-0.4, -0.2) is 99.9 Å². The quantitative estimate of drug-likeness (QED) is 0.176. The fourth-order valence-electron chi connectivity index (χ4n) is 2.16. The SMILES string of the molecule is CCOCC(CO)(CO)NC(=O)Nc1ccc(NC(=O)NC(CO)(CO)CO)cn1. The summed E-state index contributed by atoms with van der Waals surface area (Å²) in [5.41, 5.74) is -2.71. The van der Waals surface area contributed by atoms with Gasteiger partial charge in [-0.25, -0.2) is 14.6 Å². The molecule has 170 valence electrons. The van der Waals surface area contributed by atoms with Crippen LogP contribution in [-0.2, 0) is 4.74 Å². The second-order valence-electron chi connectivity index (χ2n) is 6.58. The monoisotopic (exact) mass is 431 g/mol. The highest BCUT2D eigenvalue weighted by Gasteiger charge is 2.31. The van der Waals surface area contributed by atoms with Gasteiger partial charge in [0, 0.05) is 6.61 Å². The Labute approximate surface area is 173 Å². The summed E-state index contributed by atoms with van der Waals surface area (Å²) in [7, 11) is 0. The van der Waals surface area contributed by atoms with Crippen LogP contribution in [0.5, 0.6) is 0 Å². The van der Waals surface area contributed by atoms with Gasteiger partial charge in [-0.2, -0.15) is 0 Å². The van der Waals surface area contributed by atoms with Crippen molar-refractivity contribution < 1.29 is 39.9 Å². The lowest BCUT2D eigenvalue weighted by Crippen LogP contribution is -2.58. The Kier molecular flexibility index (Phi) is 10.4. The van der Waals surface area contributed by atoms with Crippen molar-refractivity contribution >= 4 is 23.6 Å². The zero-order chi connectivity index (χ0) is 22.6. The van der Waals surface area contributed by atoms with Gasteiger partial charge in [0.25, 0.3) is 0 Å². The number of hydrogen-bond donors (Lipinski definition) is 9. The predicted molar refractivity (Wildman–Crippen MR) is 106 cm³/mol. The molecule has 4 amide bonds. The van der Waals surface area contributed by atoms with Crippen molar-refractivity contribution in [2.24, 2.45) is 0 Å². The molecule has 1 aromatic rings. The first kappa shape index (κ1) is 25.5. The van der Waals surface area contributed by atoms with Gasteiger partial charge in [-0.3, -0.25) is 5.32 Å². The maximum absolute atomic E-state index is 12.1. The van der Waals surface area contributed by atoms with Crippen molar-refractivity contribution in [2.45, 2.75) is 18.0 Å². The van der Waals surface area contributed by atoms with Gasteiger partial charge in [-0.15, -0.1) is 0 Å². The number of hydrogen-bond acceptors (Lipinski definition) is 9. The van der Waals surface area contributed by atoms with Gasteiger partial charge >= 0.3 is 12.1 Å². The molecular formula is C17H29N5O8. The van der Waals surface area contributed by atoms with Gasteiger partial charge in [0.1, 0.15) is 16.9 Å². The molecule has 0 saturated heterocycles. The van der Waals surface area contributed by atoms with E-state index in [9.17, 15) is 35.1 Å². The molecule has 1 aromatic heterocycles. The zero-order valence-corrected chi connectivity index (χ0v) is 16.6. The molecule has 0 aliphatic carbocycles. The number of anilines is 2. The normalized spacial score (nSPS) is 11.7. The maximum atomic E-state index is 12.1. The Hall–Kier alpha value is -2.55. The van der Waals surface area contributed by atoms with E-state index in [-0.39, 0.29) is 18.1 Å². The van der Waals surface area contributed by atoms with Gasteiger partial charge in [-0.1, -0.05) is 0 Å². The average Bonchev–Trinajstić information content (AvgIpc) is 2.76. The Morgan fingerprint density at radius 3 is 1.90 bits per heavy atom. The highest BCUT2D eigenvalue weighted by Crippen LogP contribution is 2.11. The van der Waals surface area contributed by atoms with Crippen LogP contribution in [0.2, 0.25) is 0 Å². The van der Waals surface area contributed by atoms with E-state index >= 15 is 0 Å². The van der Waals surface area contributed by atoms with Crippen LogP contribution in [0.1, 0.15) is 6.92 Å². The lowest BCUT2D eigenvalue weighted by atomic mass is 10.0. The highest BCUT2D eigenvalue weighted by molar-refractivity contribution is 5.91. The molecule has 30 heavy (non-hydrogen) atoms. The number of carbonyl (C=O) groups is 2. The number of amides is 4. The summed E-state index contributed by atoms with van der Waals surface area (Å²) in [6.45, 7) is -1.12. The minimum Gasteiger partial charge on any atom is -0.394 e. The van der Waals surface area contributed by atoms with Crippen LogP contribution >= 0.6 is 0 Å². The largest absolute Gasteiger partial charge is 0.394 e. The van der Waals surface area contributed by atoms with Gasteiger partial charge in [0.05, 0.1) is 51.5 Å². The number of rotatable bonds is 12. The third-order valence-corrected chi connectivity index (χ3v) is 4.12. The summed E-state index contributed by atoms with van der Waals surface area (Å²) in [5.74, 6) is 0.120. The predicted octanol–water partition coefficient (Wildman–Crippen LogP) is -2.20. The number of aliphatic hydroxyl groups excluding tert-OH is 5. The van der Waals surface area contributed by atoms with Crippen molar-refractivity contribution in [2.75, 3.05) is 56.9 Å². The highest BCUT2D eigenvalue weighted by atomic mass is 16.5. The summed E-state index contributed by atoms with van der Waals surface area (Å²) < 4.78 is 5.17. The van der Waals surface area contributed by atoms with E-state index in [1.54, 1.807) is 6.92 Å². The summed E-state index contributed by atoms with van der Waals surface area (Å²) in [6.07, 6.45) is 1.24. The molecule has 0 spiro atoms. The Balaban J connectivity index is 2.67. The summed E-state index contributed by atoms with van der Waals surface area (Å²) in [4.78, 5) is 28.0. The topological polar surface area (TPSA) is 206 Å². The smallest absolute Gasteiger partial charge is 0.321 e. The van der Waals surface area contributed by atoms with E-state index in [1.165, 1.54) is 18.3 Å². The fourth-order valence-corrected chi connectivity index (χ4v) is 2.16. The molecule has 0 atom stereocenters. The van der Waals surface area contributed by atoms with Crippen molar-refractivity contribution in [3.8, 4) is 0 Å². The first-order chi connectivity index (χ1) is 14.3. The molecule has 0 unspecified atom stereocenters. The lowest BCUT2D eigenvalue weighted by Gasteiger charge is -2.30. The number of urea groups is 2. The first-order valence-corrected chi connectivity index (χ1v) is 9.08. The number of aliphatic hydroxyl groups is 5. The second-order valence-corrected chi connectivity index (χ2v) is 6.58. The second kappa shape index (κ2) is 12.2. The van der Waals surface area contributed by atoms with Crippen molar-refractivity contribution in [3.05, 3.63) is 18.3 Å². The van der Waals surface area contributed by atoms with Crippen molar-refractivity contribution in [3.63, 3.8) is 0 Å². The minimum absolute atomic E-state index is 0.0909. The number of nitrogens with one attached hydrogen (secondary N) is 4. The van der Waals surface area contributed by atoms with E-state index < -0.39 is 56.2 Å². The van der Waals surface area contributed by atoms with Crippen LogP contribution in [0.15, 0.2) is 18.3 Å². The third-order valence-electron chi connectivity index (χ3n) is 4.12. The van der Waals surface area contributed by atoms with Gasteiger partial charge in [0.15, 0.2) is 0 Å². The van der Waals surface area contributed by atoms with E-state index in [1.807, 2.05) is 0 Å². The molecule has 13 heteroatoms.